The summed E-state index contributed by atoms with van der Waals surface area (Å²) in [5.41, 5.74) is 1.39. The van der Waals surface area contributed by atoms with Crippen molar-refractivity contribution >= 4 is 27.3 Å². The maximum Gasteiger partial charge on any atom is 0.261 e. The molecule has 2 aromatic rings. The van der Waals surface area contributed by atoms with Crippen LogP contribution in [0.4, 0.5) is 11.4 Å². The molecule has 1 atom stereocenters. The lowest BCUT2D eigenvalue weighted by Gasteiger charge is -2.33. The molecule has 8 heteroatoms. The number of amides is 1. The second kappa shape index (κ2) is 6.53. The number of rotatable bonds is 3. The first-order valence-corrected chi connectivity index (χ1v) is 9.57. The fourth-order valence-corrected chi connectivity index (χ4v) is 4.00. The number of nitrogens with one attached hydrogen (secondary N) is 1. The highest BCUT2D eigenvalue weighted by atomic mass is 32.2. The van der Waals surface area contributed by atoms with Gasteiger partial charge in [-0.15, -0.1) is 0 Å². The number of carbonyl (C=O) groups is 1. The van der Waals surface area contributed by atoms with Crippen molar-refractivity contribution in [1.82, 2.24) is 0 Å². The molecule has 2 aromatic carbocycles. The van der Waals surface area contributed by atoms with E-state index < -0.39 is 10.0 Å². The van der Waals surface area contributed by atoms with Crippen LogP contribution in [0.2, 0.25) is 0 Å². The molecule has 0 radical (unpaired) electrons. The number of benzene rings is 2. The van der Waals surface area contributed by atoms with E-state index in [1.54, 1.807) is 13.0 Å². The molecule has 0 saturated carbocycles. The lowest BCUT2D eigenvalue weighted by molar-refractivity contribution is -0.117. The van der Waals surface area contributed by atoms with Gasteiger partial charge in [0.25, 0.3) is 10.0 Å². The van der Waals surface area contributed by atoms with E-state index in [1.807, 2.05) is 6.92 Å². The van der Waals surface area contributed by atoms with Gasteiger partial charge in [-0.05, 0) is 55.8 Å². The average molecular weight is 376 g/mol. The van der Waals surface area contributed by atoms with Crippen molar-refractivity contribution < 1.29 is 23.1 Å². The lowest BCUT2D eigenvalue weighted by atomic mass is 10.2. The number of nitrogens with zero attached hydrogens (tertiary/aromatic N) is 1. The molecule has 1 aliphatic heterocycles. The summed E-state index contributed by atoms with van der Waals surface area (Å²) in [5.74, 6) is 0.347. The molecule has 7 nitrogen and oxygen atoms in total. The molecule has 1 amide bonds. The second-order valence-electron chi connectivity index (χ2n) is 6.29. The van der Waals surface area contributed by atoms with Gasteiger partial charge in [-0.25, -0.2) is 8.42 Å². The Kier molecular flexibility index (Phi) is 4.53. The van der Waals surface area contributed by atoms with Crippen molar-refractivity contribution in [2.45, 2.75) is 31.8 Å². The second-order valence-corrected chi connectivity index (χ2v) is 7.97. The summed E-state index contributed by atoms with van der Waals surface area (Å²) in [5, 5.41) is 9.46. The minimum atomic E-state index is -3.87. The number of ether oxygens (including phenoxy) is 1. The van der Waals surface area contributed by atoms with Crippen LogP contribution in [0.1, 0.15) is 19.4 Å². The largest absolute Gasteiger partial charge is 0.508 e. The molecule has 26 heavy (non-hydrogen) atoms. The first kappa shape index (κ1) is 18.1. The summed E-state index contributed by atoms with van der Waals surface area (Å²) in [7, 11) is -3.87. The molecule has 0 bridgehead atoms. The minimum Gasteiger partial charge on any atom is -0.508 e. The van der Waals surface area contributed by atoms with E-state index in [0.717, 1.165) is 0 Å². The Morgan fingerprint density at radius 3 is 2.65 bits per heavy atom. The summed E-state index contributed by atoms with van der Waals surface area (Å²) in [6.45, 7) is 5.33. The fourth-order valence-electron chi connectivity index (χ4n) is 2.85. The van der Waals surface area contributed by atoms with Gasteiger partial charge in [-0.1, -0.05) is 0 Å². The highest BCUT2D eigenvalue weighted by molar-refractivity contribution is 7.92. The van der Waals surface area contributed by atoms with Crippen LogP contribution >= 0.6 is 0 Å². The number of hydrogen-bond acceptors (Lipinski definition) is 5. The van der Waals surface area contributed by atoms with Crippen LogP contribution in [0.5, 0.6) is 11.5 Å². The Labute approximate surface area is 152 Å². The number of hydrogen-bond donors (Lipinski definition) is 2. The van der Waals surface area contributed by atoms with E-state index in [9.17, 15) is 18.3 Å². The summed E-state index contributed by atoms with van der Waals surface area (Å²) in [6.07, 6.45) is -0.174. The quantitative estimate of drug-likeness (QED) is 0.803. The Morgan fingerprint density at radius 2 is 2.00 bits per heavy atom. The zero-order valence-corrected chi connectivity index (χ0v) is 15.5. The topological polar surface area (TPSA) is 95.9 Å². The molecule has 0 aliphatic carbocycles. The third-order valence-electron chi connectivity index (χ3n) is 4.13. The molecular formula is C18H20N2O5S. The zero-order valence-electron chi connectivity index (χ0n) is 14.7. The molecule has 138 valence electrons. The van der Waals surface area contributed by atoms with Gasteiger partial charge in [-0.2, -0.15) is 0 Å². The third-order valence-corrected chi connectivity index (χ3v) is 5.50. The number of aromatic hydroxyl groups is 1. The van der Waals surface area contributed by atoms with Crippen LogP contribution in [0, 0.1) is 6.92 Å². The Hall–Kier alpha value is -2.74. The van der Waals surface area contributed by atoms with Crippen molar-refractivity contribution in [2.24, 2.45) is 0 Å². The van der Waals surface area contributed by atoms with Gasteiger partial charge in [0.1, 0.15) is 17.6 Å². The van der Waals surface area contributed by atoms with Crippen molar-refractivity contribution in [3.05, 3.63) is 42.0 Å². The molecule has 0 saturated heterocycles. The summed E-state index contributed by atoms with van der Waals surface area (Å²) >= 11 is 0. The molecule has 1 heterocycles. The summed E-state index contributed by atoms with van der Waals surface area (Å²) in [4.78, 5) is 13.4. The van der Waals surface area contributed by atoms with E-state index in [2.05, 4.69) is 4.72 Å². The van der Waals surface area contributed by atoms with Crippen molar-refractivity contribution in [1.29, 1.82) is 0 Å². The standard InChI is InChI=1S/C18H20N2O5S/c1-11-8-14(22)4-6-16(11)19-26(23,24)15-5-7-18-17(9-15)20(13(3)21)10-12(2)25-18/h4-9,12,19,22H,10H2,1-3H3. The SMILES string of the molecule is CC(=O)N1CC(C)Oc2ccc(S(=O)(=O)Nc3ccc(O)cc3C)cc21. The van der Waals surface area contributed by atoms with Crippen molar-refractivity contribution in [3.8, 4) is 11.5 Å². The predicted octanol–water partition coefficient (Wildman–Crippen LogP) is 2.64. The van der Waals surface area contributed by atoms with Crippen molar-refractivity contribution in [3.63, 3.8) is 0 Å². The average Bonchev–Trinajstić information content (AvgIpc) is 2.56. The smallest absolute Gasteiger partial charge is 0.261 e. The van der Waals surface area contributed by atoms with Gasteiger partial charge in [0.2, 0.25) is 5.91 Å². The third kappa shape index (κ3) is 3.45. The monoisotopic (exact) mass is 376 g/mol. The number of phenols is 1. The normalized spacial score (nSPS) is 16.6. The van der Waals surface area contributed by atoms with Crippen LogP contribution in [0.15, 0.2) is 41.3 Å². The minimum absolute atomic E-state index is 0.0214. The molecule has 3 rings (SSSR count). The van der Waals surface area contributed by atoms with Gasteiger partial charge in [0, 0.05) is 6.92 Å². The summed E-state index contributed by atoms with van der Waals surface area (Å²) < 4.78 is 33.7. The van der Waals surface area contributed by atoms with Gasteiger partial charge < -0.3 is 14.7 Å². The van der Waals surface area contributed by atoms with Gasteiger partial charge >= 0.3 is 0 Å². The van der Waals surface area contributed by atoms with Crippen LogP contribution in [-0.2, 0) is 14.8 Å². The number of phenolic OH excluding ortho intramolecular Hbond substituents is 1. The van der Waals surface area contributed by atoms with Gasteiger partial charge in [0.05, 0.1) is 22.8 Å². The molecule has 0 spiro atoms. The maximum absolute atomic E-state index is 12.7. The molecule has 1 aliphatic rings. The van der Waals surface area contributed by atoms with E-state index in [1.165, 1.54) is 42.2 Å². The van der Waals surface area contributed by atoms with Gasteiger partial charge in [-0.3, -0.25) is 9.52 Å². The summed E-state index contributed by atoms with van der Waals surface area (Å²) in [6, 6.07) is 8.79. The maximum atomic E-state index is 12.7. The van der Waals surface area contributed by atoms with E-state index >= 15 is 0 Å². The van der Waals surface area contributed by atoms with E-state index in [4.69, 9.17) is 4.74 Å². The number of sulfonamides is 1. The molecular weight excluding hydrogens is 356 g/mol. The predicted molar refractivity (Wildman–Crippen MR) is 98.2 cm³/mol. The molecule has 1 unspecified atom stereocenters. The van der Waals surface area contributed by atoms with E-state index in [-0.39, 0.29) is 22.7 Å². The highest BCUT2D eigenvalue weighted by Gasteiger charge is 2.28. The Morgan fingerprint density at radius 1 is 1.27 bits per heavy atom. The molecule has 0 fully saturated rings. The molecule has 2 N–H and O–H groups in total. The van der Waals surface area contributed by atoms with Gasteiger partial charge in [0.15, 0.2) is 0 Å². The van der Waals surface area contributed by atoms with Crippen LogP contribution in [-0.4, -0.2) is 32.1 Å². The first-order chi connectivity index (χ1) is 12.2. The molecule has 0 aromatic heterocycles. The lowest BCUT2D eigenvalue weighted by Crippen LogP contribution is -2.41. The number of fused-ring (bicyclic) bond motifs is 1. The fraction of sp³-hybridized carbons (Fsp3) is 0.278. The van der Waals surface area contributed by atoms with Crippen molar-refractivity contribution in [2.75, 3.05) is 16.2 Å². The van der Waals surface area contributed by atoms with Crippen LogP contribution in [0.25, 0.3) is 0 Å². The Bertz CT molecular complexity index is 972. The first-order valence-electron chi connectivity index (χ1n) is 8.08. The number of anilines is 2. The van der Waals surface area contributed by atoms with Crippen LogP contribution in [0.3, 0.4) is 0 Å². The van der Waals surface area contributed by atoms with Crippen LogP contribution < -0.4 is 14.4 Å². The highest BCUT2D eigenvalue weighted by Crippen LogP contribution is 2.36. The van der Waals surface area contributed by atoms with E-state index in [0.29, 0.717) is 29.2 Å². The number of carbonyl (C=O) groups excluding carboxylic acids is 1. The Balaban J connectivity index is 1.98. The zero-order chi connectivity index (χ0) is 19.1. The number of aryl methyl sites for hydroxylation is 1.